The molecule has 0 saturated carbocycles. The Bertz CT molecular complexity index is 624. The van der Waals surface area contributed by atoms with Gasteiger partial charge in [0.05, 0.1) is 0 Å². The van der Waals surface area contributed by atoms with Crippen molar-refractivity contribution in [1.29, 1.82) is 0 Å². The van der Waals surface area contributed by atoms with E-state index in [-0.39, 0.29) is 11.5 Å². The maximum atomic E-state index is 9.70. The first kappa shape index (κ1) is 13.0. The van der Waals surface area contributed by atoms with Gasteiger partial charge in [0.2, 0.25) is 0 Å². The minimum atomic E-state index is -0.0628. The number of hydrogen-bond donors (Lipinski definition) is 3. The highest BCUT2D eigenvalue weighted by molar-refractivity contribution is 5.44. The predicted molar refractivity (Wildman–Crippen MR) is 79.3 cm³/mol. The van der Waals surface area contributed by atoms with Crippen LogP contribution in [0.1, 0.15) is 28.5 Å². The fraction of sp³-hybridized carbons (Fsp3) is 0.294. The minimum Gasteiger partial charge on any atom is -0.504 e. The first-order chi connectivity index (χ1) is 9.66. The van der Waals surface area contributed by atoms with E-state index >= 15 is 0 Å². The van der Waals surface area contributed by atoms with Crippen molar-refractivity contribution in [2.24, 2.45) is 0 Å². The van der Waals surface area contributed by atoms with Crippen LogP contribution in [0.5, 0.6) is 11.5 Å². The molecule has 0 aliphatic carbocycles. The average molecular weight is 269 g/mol. The molecule has 0 unspecified atom stereocenters. The number of aromatic hydroxyl groups is 2. The smallest absolute Gasteiger partial charge is 0.157 e. The lowest BCUT2D eigenvalue weighted by molar-refractivity contribution is 0.402. The Morgan fingerprint density at radius 1 is 0.950 bits per heavy atom. The van der Waals surface area contributed by atoms with Gasteiger partial charge < -0.3 is 15.5 Å². The molecular weight excluding hydrogens is 250 g/mol. The van der Waals surface area contributed by atoms with Crippen LogP contribution >= 0.6 is 0 Å². The quantitative estimate of drug-likeness (QED) is 0.735. The monoisotopic (exact) mass is 269 g/mol. The number of rotatable bonds is 2. The Labute approximate surface area is 118 Å². The van der Waals surface area contributed by atoms with Gasteiger partial charge in [-0.2, -0.15) is 0 Å². The first-order valence-corrected chi connectivity index (χ1v) is 6.95. The number of phenols is 2. The molecule has 0 aromatic heterocycles. The Balaban J connectivity index is 1.96. The topological polar surface area (TPSA) is 52.5 Å². The van der Waals surface area contributed by atoms with Crippen LogP contribution in [-0.4, -0.2) is 23.3 Å². The third kappa shape index (κ3) is 2.25. The molecule has 3 N–H and O–H groups in total. The van der Waals surface area contributed by atoms with Gasteiger partial charge in [-0.1, -0.05) is 30.3 Å². The fourth-order valence-electron chi connectivity index (χ4n) is 3.13. The SMILES string of the molecule is Cc1ccccc1[C@@H]1CNC[C@H]1c1ccc(O)c(O)c1. The van der Waals surface area contributed by atoms with Crippen molar-refractivity contribution >= 4 is 0 Å². The van der Waals surface area contributed by atoms with Crippen LogP contribution in [0.25, 0.3) is 0 Å². The van der Waals surface area contributed by atoms with Crippen molar-refractivity contribution in [3.05, 3.63) is 59.2 Å². The van der Waals surface area contributed by atoms with Gasteiger partial charge >= 0.3 is 0 Å². The van der Waals surface area contributed by atoms with Gasteiger partial charge in [0.15, 0.2) is 11.5 Å². The number of nitrogens with one attached hydrogen (secondary N) is 1. The molecule has 0 spiro atoms. The predicted octanol–water partition coefficient (Wildman–Crippen LogP) is 2.88. The lowest BCUT2D eigenvalue weighted by Gasteiger charge is -2.21. The summed E-state index contributed by atoms with van der Waals surface area (Å²) in [5, 5.41) is 22.6. The van der Waals surface area contributed by atoms with E-state index in [4.69, 9.17) is 0 Å². The Kier molecular flexibility index (Phi) is 3.36. The molecule has 1 saturated heterocycles. The fourth-order valence-corrected chi connectivity index (χ4v) is 3.13. The van der Waals surface area contributed by atoms with Crippen LogP contribution in [0, 0.1) is 6.92 Å². The van der Waals surface area contributed by atoms with Gasteiger partial charge in [-0.3, -0.25) is 0 Å². The summed E-state index contributed by atoms with van der Waals surface area (Å²) in [5.74, 6) is 0.618. The van der Waals surface area contributed by atoms with Gasteiger partial charge in [0.25, 0.3) is 0 Å². The van der Waals surface area contributed by atoms with Crippen molar-refractivity contribution in [2.45, 2.75) is 18.8 Å². The highest BCUT2D eigenvalue weighted by Gasteiger charge is 2.30. The van der Waals surface area contributed by atoms with E-state index in [2.05, 4.69) is 36.5 Å². The highest BCUT2D eigenvalue weighted by Crippen LogP contribution is 2.39. The molecule has 1 heterocycles. The molecular formula is C17H19NO2. The number of aryl methyl sites for hydroxylation is 1. The molecule has 0 amide bonds. The van der Waals surface area contributed by atoms with Crippen molar-refractivity contribution in [2.75, 3.05) is 13.1 Å². The zero-order chi connectivity index (χ0) is 14.1. The molecule has 104 valence electrons. The Morgan fingerprint density at radius 2 is 1.70 bits per heavy atom. The van der Waals surface area contributed by atoms with Crippen LogP contribution in [0.2, 0.25) is 0 Å². The van der Waals surface area contributed by atoms with Crippen LogP contribution in [0.4, 0.5) is 0 Å². The molecule has 0 bridgehead atoms. The third-order valence-electron chi connectivity index (χ3n) is 4.23. The molecule has 20 heavy (non-hydrogen) atoms. The molecule has 3 rings (SSSR count). The summed E-state index contributed by atoms with van der Waals surface area (Å²) in [6, 6.07) is 13.6. The molecule has 1 aliphatic rings. The van der Waals surface area contributed by atoms with Crippen LogP contribution in [0.3, 0.4) is 0 Å². The maximum Gasteiger partial charge on any atom is 0.157 e. The van der Waals surface area contributed by atoms with E-state index < -0.39 is 0 Å². The Hall–Kier alpha value is -2.00. The standard InChI is InChI=1S/C17H19NO2/c1-11-4-2-3-5-13(11)15-10-18-9-14(15)12-6-7-16(19)17(20)8-12/h2-8,14-15,18-20H,9-10H2,1H3/t14-,15-/m0/s1. The van der Waals surface area contributed by atoms with Gasteiger partial charge in [-0.05, 0) is 35.7 Å². The summed E-state index contributed by atoms with van der Waals surface area (Å²) in [6.07, 6.45) is 0. The van der Waals surface area contributed by atoms with Crippen molar-refractivity contribution < 1.29 is 10.2 Å². The van der Waals surface area contributed by atoms with E-state index in [1.165, 1.54) is 11.1 Å². The number of hydrogen-bond acceptors (Lipinski definition) is 3. The zero-order valence-electron chi connectivity index (χ0n) is 11.5. The van der Waals surface area contributed by atoms with Crippen LogP contribution < -0.4 is 5.32 Å². The molecule has 3 heteroatoms. The second-order valence-corrected chi connectivity index (χ2v) is 5.48. The molecule has 3 nitrogen and oxygen atoms in total. The largest absolute Gasteiger partial charge is 0.504 e. The summed E-state index contributed by atoms with van der Waals surface area (Å²) in [7, 11) is 0. The normalized spacial score (nSPS) is 22.1. The van der Waals surface area contributed by atoms with Crippen molar-refractivity contribution in [3.8, 4) is 11.5 Å². The summed E-state index contributed by atoms with van der Waals surface area (Å²) in [6.45, 7) is 3.97. The molecule has 1 aliphatic heterocycles. The van der Waals surface area contributed by atoms with E-state index in [1.807, 2.05) is 6.07 Å². The summed E-state index contributed by atoms with van der Waals surface area (Å²) >= 11 is 0. The Morgan fingerprint density at radius 3 is 2.45 bits per heavy atom. The first-order valence-electron chi connectivity index (χ1n) is 6.95. The van der Waals surface area contributed by atoms with E-state index in [0.717, 1.165) is 18.7 Å². The van der Waals surface area contributed by atoms with Gasteiger partial charge in [0, 0.05) is 24.9 Å². The molecule has 2 aromatic rings. The second kappa shape index (κ2) is 5.17. The van der Waals surface area contributed by atoms with Crippen molar-refractivity contribution in [3.63, 3.8) is 0 Å². The van der Waals surface area contributed by atoms with E-state index in [1.54, 1.807) is 12.1 Å². The number of benzene rings is 2. The average Bonchev–Trinajstić information content (AvgIpc) is 2.91. The summed E-state index contributed by atoms with van der Waals surface area (Å²) in [5.41, 5.74) is 3.72. The van der Waals surface area contributed by atoms with Crippen LogP contribution in [-0.2, 0) is 0 Å². The zero-order valence-corrected chi connectivity index (χ0v) is 11.5. The molecule has 2 aromatic carbocycles. The molecule has 1 fully saturated rings. The number of phenolic OH excluding ortho intramolecular Hbond substituents is 2. The lowest BCUT2D eigenvalue weighted by Crippen LogP contribution is -2.10. The highest BCUT2D eigenvalue weighted by atomic mass is 16.3. The maximum absolute atomic E-state index is 9.70. The summed E-state index contributed by atoms with van der Waals surface area (Å²) in [4.78, 5) is 0. The van der Waals surface area contributed by atoms with E-state index in [0.29, 0.717) is 11.8 Å². The molecule has 2 atom stereocenters. The van der Waals surface area contributed by atoms with Crippen molar-refractivity contribution in [1.82, 2.24) is 5.32 Å². The third-order valence-corrected chi connectivity index (χ3v) is 4.23. The van der Waals surface area contributed by atoms with Gasteiger partial charge in [-0.25, -0.2) is 0 Å². The second-order valence-electron chi connectivity index (χ2n) is 5.48. The minimum absolute atomic E-state index is 0.0436. The summed E-state index contributed by atoms with van der Waals surface area (Å²) < 4.78 is 0. The van der Waals surface area contributed by atoms with Gasteiger partial charge in [0.1, 0.15) is 0 Å². The lowest BCUT2D eigenvalue weighted by atomic mass is 9.82. The van der Waals surface area contributed by atoms with Crippen LogP contribution in [0.15, 0.2) is 42.5 Å². The van der Waals surface area contributed by atoms with Gasteiger partial charge in [-0.15, -0.1) is 0 Å². The van der Waals surface area contributed by atoms with E-state index in [9.17, 15) is 10.2 Å². The molecule has 0 radical (unpaired) electrons.